The van der Waals surface area contributed by atoms with Gasteiger partial charge in [0.2, 0.25) is 5.54 Å². The number of aliphatic carboxylic acids is 1. The molecule has 0 amide bonds. The Hall–Kier alpha value is -1.49. The summed E-state index contributed by atoms with van der Waals surface area (Å²) < 4.78 is 25.4. The van der Waals surface area contributed by atoms with Crippen molar-refractivity contribution in [1.82, 2.24) is 0 Å². The van der Waals surface area contributed by atoms with Crippen LogP contribution in [0.2, 0.25) is 0 Å². The molecule has 5 heteroatoms. The minimum atomic E-state index is -3.16. The summed E-state index contributed by atoms with van der Waals surface area (Å²) in [6.07, 6.45) is -3.16. The average Bonchev–Trinajstić information content (AvgIpc) is 2.16. The zero-order valence-electron chi connectivity index (χ0n) is 8.08. The van der Waals surface area contributed by atoms with Crippen LogP contribution in [0.5, 0.6) is 0 Å². The van der Waals surface area contributed by atoms with Gasteiger partial charge in [-0.3, -0.25) is 0 Å². The summed E-state index contributed by atoms with van der Waals surface area (Å²) in [4.78, 5) is 10.8. The summed E-state index contributed by atoms with van der Waals surface area (Å²) in [6.45, 7) is 1.54. The van der Waals surface area contributed by atoms with E-state index >= 15 is 0 Å². The molecule has 0 aliphatic rings. The lowest BCUT2D eigenvalue weighted by Gasteiger charge is -2.25. The molecule has 1 atom stereocenters. The normalized spacial score (nSPS) is 15.0. The first-order valence-corrected chi connectivity index (χ1v) is 4.27. The van der Waals surface area contributed by atoms with Crippen molar-refractivity contribution in [1.29, 1.82) is 0 Å². The van der Waals surface area contributed by atoms with Gasteiger partial charge in [-0.05, 0) is 18.1 Å². The van der Waals surface area contributed by atoms with Crippen LogP contribution in [0.4, 0.5) is 8.78 Å². The van der Waals surface area contributed by atoms with Crippen molar-refractivity contribution >= 4 is 5.97 Å². The third kappa shape index (κ3) is 1.83. The number of carbonyl (C=O) groups is 1. The Labute approximate surface area is 85.5 Å². The van der Waals surface area contributed by atoms with E-state index in [1.165, 1.54) is 12.1 Å². The Kier molecular flexibility index (Phi) is 3.04. The number of hydrogen-bond donors (Lipinski definition) is 2. The predicted octanol–water partition coefficient (Wildman–Crippen LogP) is 1.50. The molecule has 15 heavy (non-hydrogen) atoms. The Morgan fingerprint density at radius 2 is 2.00 bits per heavy atom. The molecule has 0 saturated heterocycles. The van der Waals surface area contributed by atoms with Crippen LogP contribution >= 0.6 is 0 Å². The van der Waals surface area contributed by atoms with E-state index in [1.54, 1.807) is 19.1 Å². The molecular weight excluding hydrogens is 204 g/mol. The number of alkyl halides is 2. The number of benzene rings is 1. The van der Waals surface area contributed by atoms with Crippen LogP contribution in [0.3, 0.4) is 0 Å². The summed E-state index contributed by atoms with van der Waals surface area (Å²) in [5.41, 5.74) is 2.99. The Balaban J connectivity index is 3.34. The van der Waals surface area contributed by atoms with Crippen LogP contribution in [-0.2, 0) is 10.3 Å². The van der Waals surface area contributed by atoms with Crippen LogP contribution < -0.4 is 5.73 Å². The molecule has 1 aromatic rings. The molecular formula is C10H11F2NO2. The number of carboxylic acids is 1. The van der Waals surface area contributed by atoms with Gasteiger partial charge in [0.25, 0.3) is 6.43 Å². The molecule has 0 spiro atoms. The molecule has 0 heterocycles. The topological polar surface area (TPSA) is 63.3 Å². The maximum Gasteiger partial charge on any atom is 0.334 e. The molecule has 0 radical (unpaired) electrons. The second-order valence-electron chi connectivity index (χ2n) is 3.29. The van der Waals surface area contributed by atoms with E-state index in [-0.39, 0.29) is 5.56 Å². The SMILES string of the molecule is Cc1ccccc1C(N)(C(=O)O)C(F)F. The maximum absolute atomic E-state index is 12.7. The van der Waals surface area contributed by atoms with Gasteiger partial charge >= 0.3 is 5.97 Å². The van der Waals surface area contributed by atoms with Crippen LogP contribution in [0.1, 0.15) is 11.1 Å². The monoisotopic (exact) mass is 215 g/mol. The van der Waals surface area contributed by atoms with Gasteiger partial charge in [-0.1, -0.05) is 24.3 Å². The van der Waals surface area contributed by atoms with Gasteiger partial charge in [0, 0.05) is 0 Å². The smallest absolute Gasteiger partial charge is 0.334 e. The molecule has 3 nitrogen and oxygen atoms in total. The van der Waals surface area contributed by atoms with Gasteiger partial charge < -0.3 is 10.8 Å². The molecule has 0 aromatic heterocycles. The maximum atomic E-state index is 12.7. The van der Waals surface area contributed by atoms with Crippen LogP contribution in [-0.4, -0.2) is 17.5 Å². The van der Waals surface area contributed by atoms with Gasteiger partial charge in [0.1, 0.15) is 0 Å². The van der Waals surface area contributed by atoms with E-state index in [1.807, 2.05) is 0 Å². The summed E-state index contributed by atoms with van der Waals surface area (Å²) in [5.74, 6) is -1.73. The number of carboxylic acid groups (broad SMARTS) is 1. The van der Waals surface area contributed by atoms with Crippen molar-refractivity contribution in [2.45, 2.75) is 18.9 Å². The fourth-order valence-electron chi connectivity index (χ4n) is 1.36. The molecule has 1 aromatic carbocycles. The molecule has 1 rings (SSSR count). The highest BCUT2D eigenvalue weighted by Gasteiger charge is 2.46. The minimum absolute atomic E-state index is 0.0625. The average molecular weight is 215 g/mol. The van der Waals surface area contributed by atoms with Crippen molar-refractivity contribution in [3.8, 4) is 0 Å². The Bertz CT molecular complexity index is 381. The Morgan fingerprint density at radius 1 is 1.47 bits per heavy atom. The molecule has 0 saturated carbocycles. The standard InChI is InChI=1S/C10H11F2NO2/c1-6-4-2-3-5-7(6)10(13,8(11)12)9(14)15/h2-5,8H,13H2,1H3,(H,14,15). The predicted molar refractivity (Wildman–Crippen MR) is 50.7 cm³/mol. The quantitative estimate of drug-likeness (QED) is 0.803. The fraction of sp³-hybridized carbons (Fsp3) is 0.300. The largest absolute Gasteiger partial charge is 0.479 e. The van der Waals surface area contributed by atoms with E-state index in [4.69, 9.17) is 10.8 Å². The van der Waals surface area contributed by atoms with Crippen LogP contribution in [0.25, 0.3) is 0 Å². The Morgan fingerprint density at radius 3 is 2.40 bits per heavy atom. The first-order valence-electron chi connectivity index (χ1n) is 4.27. The van der Waals surface area contributed by atoms with E-state index in [9.17, 15) is 13.6 Å². The molecule has 0 aliphatic heterocycles. The molecule has 0 fully saturated rings. The van der Waals surface area contributed by atoms with Crippen molar-refractivity contribution in [3.63, 3.8) is 0 Å². The highest BCUT2D eigenvalue weighted by molar-refractivity contribution is 5.81. The highest BCUT2D eigenvalue weighted by atomic mass is 19.3. The van der Waals surface area contributed by atoms with Crippen molar-refractivity contribution in [3.05, 3.63) is 35.4 Å². The lowest BCUT2D eigenvalue weighted by molar-refractivity contribution is -0.150. The van der Waals surface area contributed by atoms with Gasteiger partial charge in [0.15, 0.2) is 0 Å². The number of aryl methyl sites for hydroxylation is 1. The van der Waals surface area contributed by atoms with Gasteiger partial charge in [-0.25, -0.2) is 13.6 Å². The third-order valence-electron chi connectivity index (χ3n) is 2.29. The second-order valence-corrected chi connectivity index (χ2v) is 3.29. The van der Waals surface area contributed by atoms with E-state index in [0.29, 0.717) is 5.56 Å². The van der Waals surface area contributed by atoms with Crippen molar-refractivity contribution in [2.75, 3.05) is 0 Å². The van der Waals surface area contributed by atoms with E-state index < -0.39 is 17.9 Å². The molecule has 0 bridgehead atoms. The second kappa shape index (κ2) is 3.94. The third-order valence-corrected chi connectivity index (χ3v) is 2.29. The number of rotatable bonds is 3. The number of hydrogen-bond acceptors (Lipinski definition) is 2. The molecule has 82 valence electrons. The molecule has 3 N–H and O–H groups in total. The summed E-state index contributed by atoms with van der Waals surface area (Å²) in [7, 11) is 0. The van der Waals surface area contributed by atoms with Crippen molar-refractivity contribution < 1.29 is 18.7 Å². The molecule has 0 aliphatic carbocycles. The lowest BCUT2D eigenvalue weighted by atomic mass is 9.88. The zero-order valence-corrected chi connectivity index (χ0v) is 8.08. The van der Waals surface area contributed by atoms with Crippen LogP contribution in [0.15, 0.2) is 24.3 Å². The summed E-state index contributed by atoms with van der Waals surface area (Å²) >= 11 is 0. The van der Waals surface area contributed by atoms with E-state index in [2.05, 4.69) is 0 Å². The fourth-order valence-corrected chi connectivity index (χ4v) is 1.36. The van der Waals surface area contributed by atoms with Crippen molar-refractivity contribution in [2.24, 2.45) is 5.73 Å². The summed E-state index contributed by atoms with van der Waals surface area (Å²) in [5, 5.41) is 8.78. The molecule has 1 unspecified atom stereocenters. The zero-order chi connectivity index (χ0) is 11.6. The van der Waals surface area contributed by atoms with Crippen LogP contribution in [0, 0.1) is 6.92 Å². The lowest BCUT2D eigenvalue weighted by Crippen LogP contribution is -2.51. The highest BCUT2D eigenvalue weighted by Crippen LogP contribution is 2.28. The van der Waals surface area contributed by atoms with Gasteiger partial charge in [0.05, 0.1) is 0 Å². The first-order chi connectivity index (χ1) is 6.90. The van der Waals surface area contributed by atoms with E-state index in [0.717, 1.165) is 0 Å². The van der Waals surface area contributed by atoms with Gasteiger partial charge in [-0.2, -0.15) is 0 Å². The summed E-state index contributed by atoms with van der Waals surface area (Å²) in [6, 6.07) is 5.96. The first kappa shape index (κ1) is 11.6. The number of nitrogens with two attached hydrogens (primary N) is 1. The minimum Gasteiger partial charge on any atom is -0.479 e. The number of halogens is 2. The van der Waals surface area contributed by atoms with Gasteiger partial charge in [-0.15, -0.1) is 0 Å².